The Bertz CT molecular complexity index is 253. The second kappa shape index (κ2) is 5.85. The van der Waals surface area contributed by atoms with Crippen LogP contribution in [0.15, 0.2) is 36.9 Å². The number of hydrogen-bond acceptors (Lipinski definition) is 1. The van der Waals surface area contributed by atoms with Crippen LogP contribution in [-0.4, -0.2) is 22.1 Å². The standard InChI is InChI=1S/C11H14OSe/c1-3-4-9-13-11-7-5-10(12-2)6-8-11/h3,5-8H,1,4,9H2,2H3. The average Bonchev–Trinajstić information content (AvgIpc) is 2.19. The molecule has 0 fully saturated rings. The van der Waals surface area contributed by atoms with E-state index in [1.165, 1.54) is 9.78 Å². The first-order valence-electron chi connectivity index (χ1n) is 4.24. The van der Waals surface area contributed by atoms with Crippen molar-refractivity contribution in [2.24, 2.45) is 0 Å². The molecule has 0 bridgehead atoms. The molecule has 0 radical (unpaired) electrons. The summed E-state index contributed by atoms with van der Waals surface area (Å²) in [6.07, 6.45) is 3.09. The molecule has 0 amide bonds. The quantitative estimate of drug-likeness (QED) is 0.435. The zero-order valence-corrected chi connectivity index (χ0v) is 9.54. The summed E-state index contributed by atoms with van der Waals surface area (Å²) in [4.78, 5) is 0. The van der Waals surface area contributed by atoms with Crippen LogP contribution in [0.5, 0.6) is 5.75 Å². The first kappa shape index (κ1) is 10.4. The molecule has 1 nitrogen and oxygen atoms in total. The van der Waals surface area contributed by atoms with Crippen molar-refractivity contribution in [3.8, 4) is 5.75 Å². The van der Waals surface area contributed by atoms with Crippen molar-refractivity contribution in [3.05, 3.63) is 36.9 Å². The van der Waals surface area contributed by atoms with Gasteiger partial charge in [0.25, 0.3) is 0 Å². The van der Waals surface area contributed by atoms with E-state index < -0.39 is 0 Å². The molecular formula is C11H14OSe. The molecule has 13 heavy (non-hydrogen) atoms. The number of hydrogen-bond donors (Lipinski definition) is 0. The molecule has 0 atom stereocenters. The number of rotatable bonds is 5. The van der Waals surface area contributed by atoms with Gasteiger partial charge >= 0.3 is 85.7 Å². The van der Waals surface area contributed by atoms with Crippen LogP contribution in [0.3, 0.4) is 0 Å². The van der Waals surface area contributed by atoms with Gasteiger partial charge in [-0.05, 0) is 0 Å². The monoisotopic (exact) mass is 242 g/mol. The molecule has 1 rings (SSSR count). The molecule has 0 heterocycles. The van der Waals surface area contributed by atoms with Crippen molar-refractivity contribution in [1.82, 2.24) is 0 Å². The van der Waals surface area contributed by atoms with Gasteiger partial charge < -0.3 is 0 Å². The van der Waals surface area contributed by atoms with Crippen LogP contribution in [0.4, 0.5) is 0 Å². The van der Waals surface area contributed by atoms with Crippen LogP contribution in [0.1, 0.15) is 6.42 Å². The molecule has 1 aromatic carbocycles. The van der Waals surface area contributed by atoms with Crippen LogP contribution >= 0.6 is 0 Å². The number of allylic oxidation sites excluding steroid dienone is 1. The summed E-state index contributed by atoms with van der Waals surface area (Å²) < 4.78 is 6.51. The Balaban J connectivity index is 2.44. The Labute approximate surface area is 86.0 Å². The van der Waals surface area contributed by atoms with Gasteiger partial charge in [-0.1, -0.05) is 0 Å². The maximum absolute atomic E-state index is 5.09. The van der Waals surface area contributed by atoms with Crippen molar-refractivity contribution in [2.75, 3.05) is 7.11 Å². The zero-order chi connectivity index (χ0) is 9.52. The number of ether oxygens (including phenoxy) is 1. The van der Waals surface area contributed by atoms with Gasteiger partial charge in [-0.15, -0.1) is 0 Å². The molecular weight excluding hydrogens is 227 g/mol. The van der Waals surface area contributed by atoms with Gasteiger partial charge in [0.1, 0.15) is 0 Å². The van der Waals surface area contributed by atoms with Crippen LogP contribution in [0, 0.1) is 0 Å². The average molecular weight is 241 g/mol. The molecule has 0 aliphatic heterocycles. The molecule has 0 N–H and O–H groups in total. The predicted molar refractivity (Wildman–Crippen MR) is 58.0 cm³/mol. The van der Waals surface area contributed by atoms with Gasteiger partial charge in [0.05, 0.1) is 0 Å². The van der Waals surface area contributed by atoms with E-state index in [1.807, 2.05) is 18.2 Å². The summed E-state index contributed by atoms with van der Waals surface area (Å²) in [6.45, 7) is 3.71. The number of methoxy groups -OCH3 is 1. The van der Waals surface area contributed by atoms with E-state index in [2.05, 4.69) is 18.7 Å². The Morgan fingerprint density at radius 2 is 2.08 bits per heavy atom. The van der Waals surface area contributed by atoms with Crippen molar-refractivity contribution < 1.29 is 4.74 Å². The van der Waals surface area contributed by atoms with E-state index in [0.29, 0.717) is 15.0 Å². The fraction of sp³-hybridized carbons (Fsp3) is 0.273. The summed E-state index contributed by atoms with van der Waals surface area (Å²) in [5, 5.41) is 1.24. The van der Waals surface area contributed by atoms with Crippen molar-refractivity contribution in [2.45, 2.75) is 11.7 Å². The second-order valence-corrected chi connectivity index (χ2v) is 5.05. The molecule has 0 saturated carbocycles. The van der Waals surface area contributed by atoms with Crippen molar-refractivity contribution in [3.63, 3.8) is 0 Å². The maximum atomic E-state index is 5.09. The Hall–Kier alpha value is -0.721. The van der Waals surface area contributed by atoms with E-state index >= 15 is 0 Å². The summed E-state index contributed by atoms with van der Waals surface area (Å²) >= 11 is 0.584. The van der Waals surface area contributed by atoms with Gasteiger partial charge in [-0.2, -0.15) is 0 Å². The molecule has 0 saturated heterocycles. The first-order chi connectivity index (χ1) is 6.36. The van der Waals surface area contributed by atoms with E-state index in [-0.39, 0.29) is 0 Å². The van der Waals surface area contributed by atoms with Gasteiger partial charge in [-0.3, -0.25) is 0 Å². The van der Waals surface area contributed by atoms with Crippen LogP contribution in [0.25, 0.3) is 0 Å². The topological polar surface area (TPSA) is 9.23 Å². The second-order valence-electron chi connectivity index (χ2n) is 2.60. The van der Waals surface area contributed by atoms with Crippen molar-refractivity contribution in [1.29, 1.82) is 0 Å². The van der Waals surface area contributed by atoms with E-state index in [9.17, 15) is 0 Å². The molecule has 0 unspecified atom stereocenters. The zero-order valence-electron chi connectivity index (χ0n) is 7.82. The van der Waals surface area contributed by atoms with Gasteiger partial charge in [0, 0.05) is 0 Å². The fourth-order valence-corrected chi connectivity index (χ4v) is 2.71. The summed E-state index contributed by atoms with van der Waals surface area (Å²) in [5.74, 6) is 0.934. The van der Waals surface area contributed by atoms with Gasteiger partial charge in [0.15, 0.2) is 0 Å². The molecule has 0 aliphatic carbocycles. The first-order valence-corrected chi connectivity index (χ1v) is 6.31. The Morgan fingerprint density at radius 1 is 1.38 bits per heavy atom. The van der Waals surface area contributed by atoms with Crippen LogP contribution in [-0.2, 0) is 0 Å². The third-order valence-corrected chi connectivity index (χ3v) is 3.84. The number of benzene rings is 1. The van der Waals surface area contributed by atoms with E-state index in [1.54, 1.807) is 7.11 Å². The minimum absolute atomic E-state index is 0.584. The molecule has 0 aliphatic rings. The normalized spacial score (nSPS) is 9.62. The van der Waals surface area contributed by atoms with Gasteiger partial charge in [-0.25, -0.2) is 0 Å². The molecule has 0 aromatic heterocycles. The molecule has 2 heteroatoms. The minimum atomic E-state index is 0.584. The van der Waals surface area contributed by atoms with Crippen LogP contribution < -0.4 is 9.20 Å². The fourth-order valence-electron chi connectivity index (χ4n) is 0.932. The Morgan fingerprint density at radius 3 is 2.62 bits per heavy atom. The third-order valence-electron chi connectivity index (χ3n) is 1.65. The Kier molecular flexibility index (Phi) is 4.66. The molecule has 1 aromatic rings. The SMILES string of the molecule is C=CCC[Se]c1ccc(OC)cc1. The van der Waals surface area contributed by atoms with E-state index in [4.69, 9.17) is 4.74 Å². The summed E-state index contributed by atoms with van der Waals surface area (Å²) in [6, 6.07) is 8.32. The van der Waals surface area contributed by atoms with E-state index in [0.717, 1.165) is 12.2 Å². The summed E-state index contributed by atoms with van der Waals surface area (Å²) in [5.41, 5.74) is 0. The van der Waals surface area contributed by atoms with Crippen LogP contribution in [0.2, 0.25) is 5.32 Å². The predicted octanol–water partition coefficient (Wildman–Crippen LogP) is 2.02. The van der Waals surface area contributed by atoms with Gasteiger partial charge in [0.2, 0.25) is 0 Å². The summed E-state index contributed by atoms with van der Waals surface area (Å²) in [7, 11) is 1.69. The van der Waals surface area contributed by atoms with Crippen molar-refractivity contribution >= 4 is 19.4 Å². The molecule has 0 spiro atoms. The molecule has 70 valence electrons. The third kappa shape index (κ3) is 3.66.